The Kier molecular flexibility index (Phi) is 5.05. The van der Waals surface area contributed by atoms with Crippen LogP contribution in [0.3, 0.4) is 0 Å². The van der Waals surface area contributed by atoms with E-state index in [4.69, 9.17) is 5.11 Å². The van der Waals surface area contributed by atoms with Crippen LogP contribution in [-0.2, 0) is 14.4 Å². The Morgan fingerprint density at radius 2 is 2.10 bits per heavy atom. The quantitative estimate of drug-likeness (QED) is 0.698. The van der Waals surface area contributed by atoms with Crippen LogP contribution >= 0.6 is 11.8 Å². The average Bonchev–Trinajstić information content (AvgIpc) is 2.83. The predicted molar refractivity (Wildman–Crippen MR) is 74.8 cm³/mol. The molecule has 0 aromatic rings. The summed E-state index contributed by atoms with van der Waals surface area (Å²) in [6.45, 7) is 1.54. The van der Waals surface area contributed by atoms with Gasteiger partial charge in [0.1, 0.15) is 6.04 Å². The summed E-state index contributed by atoms with van der Waals surface area (Å²) in [5.41, 5.74) is 0. The molecule has 2 aliphatic rings. The lowest BCUT2D eigenvalue weighted by atomic mass is 10.1. The zero-order valence-corrected chi connectivity index (χ0v) is 12.2. The van der Waals surface area contributed by atoms with Crippen molar-refractivity contribution in [1.82, 2.24) is 15.1 Å². The van der Waals surface area contributed by atoms with E-state index in [0.29, 0.717) is 26.2 Å². The molecule has 8 nitrogen and oxygen atoms in total. The Morgan fingerprint density at radius 3 is 2.71 bits per heavy atom. The maximum absolute atomic E-state index is 12.2. The Hall–Kier alpha value is -1.77. The van der Waals surface area contributed by atoms with Gasteiger partial charge in [0.25, 0.3) is 5.24 Å². The molecule has 1 unspecified atom stereocenters. The molecular weight excluding hydrogens is 298 g/mol. The first kappa shape index (κ1) is 15.6. The highest BCUT2D eigenvalue weighted by molar-refractivity contribution is 8.13. The summed E-state index contributed by atoms with van der Waals surface area (Å²) < 4.78 is 0. The number of carboxylic acid groups (broad SMARTS) is 1. The van der Waals surface area contributed by atoms with Gasteiger partial charge in [0.2, 0.25) is 11.8 Å². The summed E-state index contributed by atoms with van der Waals surface area (Å²) in [7, 11) is 0. The third-order valence-corrected chi connectivity index (χ3v) is 4.35. The maximum atomic E-state index is 12.2. The second-order valence-corrected chi connectivity index (χ2v) is 5.89. The minimum Gasteiger partial charge on any atom is -0.481 e. The molecular formula is C12H17N3O5S. The molecule has 0 bridgehead atoms. The van der Waals surface area contributed by atoms with E-state index in [1.54, 1.807) is 4.90 Å². The van der Waals surface area contributed by atoms with Crippen LogP contribution in [0.4, 0.5) is 4.79 Å². The van der Waals surface area contributed by atoms with Gasteiger partial charge in [-0.1, -0.05) is 11.8 Å². The summed E-state index contributed by atoms with van der Waals surface area (Å²) in [4.78, 5) is 49.1. The smallest absolute Gasteiger partial charge is 0.305 e. The lowest BCUT2D eigenvalue weighted by Gasteiger charge is -2.34. The molecule has 2 rings (SSSR count). The number of carboxylic acids is 1. The Balaban J connectivity index is 1.93. The van der Waals surface area contributed by atoms with Crippen LogP contribution < -0.4 is 5.32 Å². The number of aliphatic carboxylic acids is 1. The molecule has 0 radical (unpaired) electrons. The topological polar surface area (TPSA) is 107 Å². The van der Waals surface area contributed by atoms with Crippen molar-refractivity contribution < 1.29 is 24.3 Å². The Bertz CT molecular complexity index is 470. The lowest BCUT2D eigenvalue weighted by molar-refractivity contribution is -0.148. The number of nitrogens with zero attached hydrogens (tertiary/aromatic N) is 2. The monoisotopic (exact) mass is 315 g/mol. The first-order chi connectivity index (χ1) is 9.99. The van der Waals surface area contributed by atoms with Gasteiger partial charge in [-0.05, 0) is 0 Å². The normalized spacial score (nSPS) is 22.4. The molecule has 0 aliphatic carbocycles. The van der Waals surface area contributed by atoms with Gasteiger partial charge < -0.3 is 20.2 Å². The first-order valence-corrected chi connectivity index (χ1v) is 7.68. The molecule has 2 aliphatic heterocycles. The van der Waals surface area contributed by atoms with Gasteiger partial charge in [-0.2, -0.15) is 0 Å². The number of hydrogen-bond donors (Lipinski definition) is 2. The second-order valence-electron chi connectivity index (χ2n) is 4.84. The van der Waals surface area contributed by atoms with Gasteiger partial charge in [0, 0.05) is 38.4 Å². The van der Waals surface area contributed by atoms with Crippen molar-refractivity contribution in [2.24, 2.45) is 0 Å². The van der Waals surface area contributed by atoms with Gasteiger partial charge in [-0.25, -0.2) is 0 Å². The van der Waals surface area contributed by atoms with E-state index in [0.717, 1.165) is 5.75 Å². The summed E-state index contributed by atoms with van der Waals surface area (Å²) in [5.74, 6) is -1.13. The summed E-state index contributed by atoms with van der Waals surface area (Å²) in [5, 5.41) is 11.4. The van der Waals surface area contributed by atoms with Crippen molar-refractivity contribution in [2.45, 2.75) is 18.9 Å². The average molecular weight is 315 g/mol. The molecule has 2 fully saturated rings. The number of thioether (sulfide) groups is 1. The molecule has 0 aromatic carbocycles. The Labute approximate surface area is 125 Å². The number of piperazine rings is 1. The summed E-state index contributed by atoms with van der Waals surface area (Å²) in [6.07, 6.45) is -0.300. The standard InChI is InChI=1S/C12H17N3O5S/c16-9(1-3-14-5-6-21-12(14)20)15-4-2-13-11(19)8(15)7-10(17)18/h8H,1-7H2,(H,13,19)(H,17,18). The summed E-state index contributed by atoms with van der Waals surface area (Å²) in [6, 6.07) is -0.965. The minimum atomic E-state index is -1.12. The number of carbonyl (C=O) groups excluding carboxylic acids is 3. The van der Waals surface area contributed by atoms with E-state index < -0.39 is 24.3 Å². The van der Waals surface area contributed by atoms with Crippen molar-refractivity contribution in [2.75, 3.05) is 31.9 Å². The number of rotatable bonds is 5. The number of nitrogens with one attached hydrogen (secondary N) is 1. The van der Waals surface area contributed by atoms with Crippen LogP contribution in [-0.4, -0.2) is 75.9 Å². The predicted octanol–water partition coefficient (Wildman–Crippen LogP) is -0.653. The minimum absolute atomic E-state index is 0.0405. The molecule has 0 saturated carbocycles. The van der Waals surface area contributed by atoms with Crippen LogP contribution in [0.1, 0.15) is 12.8 Å². The highest BCUT2D eigenvalue weighted by Crippen LogP contribution is 2.18. The molecule has 1 atom stereocenters. The van der Waals surface area contributed by atoms with Crippen molar-refractivity contribution in [3.05, 3.63) is 0 Å². The fourth-order valence-corrected chi connectivity index (χ4v) is 3.24. The van der Waals surface area contributed by atoms with Gasteiger partial charge in [-0.3, -0.25) is 19.2 Å². The van der Waals surface area contributed by atoms with Crippen molar-refractivity contribution in [3.8, 4) is 0 Å². The van der Waals surface area contributed by atoms with E-state index in [9.17, 15) is 19.2 Å². The number of hydrogen-bond acceptors (Lipinski definition) is 5. The first-order valence-electron chi connectivity index (χ1n) is 6.69. The fraction of sp³-hybridized carbons (Fsp3) is 0.667. The second kappa shape index (κ2) is 6.79. The van der Waals surface area contributed by atoms with Gasteiger partial charge >= 0.3 is 5.97 Å². The van der Waals surface area contributed by atoms with E-state index >= 15 is 0 Å². The molecule has 0 spiro atoms. The molecule has 0 aromatic heterocycles. The van der Waals surface area contributed by atoms with Crippen molar-refractivity contribution in [3.63, 3.8) is 0 Å². The molecule has 3 amide bonds. The van der Waals surface area contributed by atoms with E-state index in [-0.39, 0.29) is 17.6 Å². The summed E-state index contributed by atoms with van der Waals surface area (Å²) >= 11 is 1.22. The van der Waals surface area contributed by atoms with Crippen LogP contribution in [0.2, 0.25) is 0 Å². The highest BCUT2D eigenvalue weighted by Gasteiger charge is 2.34. The molecule has 9 heteroatoms. The molecule has 2 saturated heterocycles. The van der Waals surface area contributed by atoms with Gasteiger partial charge in [0.05, 0.1) is 6.42 Å². The number of carbonyl (C=O) groups is 4. The molecule has 2 N–H and O–H groups in total. The van der Waals surface area contributed by atoms with E-state index in [2.05, 4.69) is 5.32 Å². The molecule has 2 heterocycles. The number of amides is 3. The Morgan fingerprint density at radius 1 is 1.33 bits per heavy atom. The maximum Gasteiger partial charge on any atom is 0.305 e. The zero-order chi connectivity index (χ0) is 15.4. The van der Waals surface area contributed by atoms with Crippen LogP contribution in [0, 0.1) is 0 Å². The van der Waals surface area contributed by atoms with E-state index in [1.807, 2.05) is 0 Å². The van der Waals surface area contributed by atoms with Crippen LogP contribution in [0.25, 0.3) is 0 Å². The van der Waals surface area contributed by atoms with Gasteiger partial charge in [0.15, 0.2) is 0 Å². The zero-order valence-electron chi connectivity index (χ0n) is 11.4. The van der Waals surface area contributed by atoms with Crippen molar-refractivity contribution in [1.29, 1.82) is 0 Å². The van der Waals surface area contributed by atoms with E-state index in [1.165, 1.54) is 16.7 Å². The van der Waals surface area contributed by atoms with Crippen LogP contribution in [0.15, 0.2) is 0 Å². The molecule has 21 heavy (non-hydrogen) atoms. The SMILES string of the molecule is O=C(O)CC1C(=O)NCCN1C(=O)CCN1CCSC1=O. The lowest BCUT2D eigenvalue weighted by Crippen LogP contribution is -2.58. The third-order valence-electron chi connectivity index (χ3n) is 3.46. The van der Waals surface area contributed by atoms with Crippen molar-refractivity contribution >= 4 is 34.8 Å². The molecule has 116 valence electrons. The fourth-order valence-electron chi connectivity index (χ4n) is 2.38. The van der Waals surface area contributed by atoms with Crippen LogP contribution in [0.5, 0.6) is 0 Å². The third kappa shape index (κ3) is 3.87. The largest absolute Gasteiger partial charge is 0.481 e. The van der Waals surface area contributed by atoms with Gasteiger partial charge in [-0.15, -0.1) is 0 Å². The highest BCUT2D eigenvalue weighted by atomic mass is 32.2.